The highest BCUT2D eigenvalue weighted by atomic mass is 16.2. The first-order valence-electron chi connectivity index (χ1n) is 9.30. The van der Waals surface area contributed by atoms with Crippen LogP contribution in [0.3, 0.4) is 0 Å². The van der Waals surface area contributed by atoms with E-state index in [9.17, 15) is 4.79 Å². The zero-order valence-electron chi connectivity index (χ0n) is 14.8. The number of para-hydroxylation sites is 1. The van der Waals surface area contributed by atoms with Crippen molar-refractivity contribution in [2.45, 2.75) is 38.4 Å². The Morgan fingerprint density at radius 2 is 1.96 bits per heavy atom. The number of amides is 1. The highest BCUT2D eigenvalue weighted by molar-refractivity contribution is 5.82. The van der Waals surface area contributed by atoms with E-state index in [0.717, 1.165) is 51.1 Å². The molecule has 4 rings (SSSR count). The van der Waals surface area contributed by atoms with Gasteiger partial charge < -0.3 is 5.32 Å². The molecule has 0 spiro atoms. The van der Waals surface area contributed by atoms with Crippen molar-refractivity contribution in [3.8, 4) is 0 Å². The van der Waals surface area contributed by atoms with Crippen LogP contribution < -0.4 is 5.32 Å². The number of piperazine rings is 1. The topological polar surface area (TPSA) is 48.5 Å². The predicted molar refractivity (Wildman–Crippen MR) is 99.2 cm³/mol. The molecule has 0 radical (unpaired) electrons. The Morgan fingerprint density at radius 3 is 2.72 bits per heavy atom. The molecule has 132 valence electrons. The average molecular weight is 338 g/mol. The largest absolute Gasteiger partial charge is 0.352 e. The van der Waals surface area contributed by atoms with E-state index in [-0.39, 0.29) is 11.9 Å². The maximum atomic E-state index is 12.2. The van der Waals surface area contributed by atoms with Gasteiger partial charge in [0.25, 0.3) is 0 Å². The fourth-order valence-electron chi connectivity index (χ4n) is 3.56. The Hall–Kier alpha value is -1.98. The number of fused-ring (bicyclic) bond motifs is 1. The molecule has 1 aromatic carbocycles. The van der Waals surface area contributed by atoms with E-state index < -0.39 is 0 Å². The molecule has 1 aliphatic carbocycles. The first kappa shape index (κ1) is 16.5. The number of nitrogens with zero attached hydrogens (tertiary/aromatic N) is 3. The van der Waals surface area contributed by atoms with Crippen molar-refractivity contribution < 1.29 is 4.79 Å². The summed E-state index contributed by atoms with van der Waals surface area (Å²) in [6, 6.07) is 10.9. The minimum absolute atomic E-state index is 0.0260. The second-order valence-corrected chi connectivity index (χ2v) is 7.26. The molecule has 1 saturated heterocycles. The van der Waals surface area contributed by atoms with Crippen molar-refractivity contribution >= 4 is 16.8 Å². The fraction of sp³-hybridized carbons (Fsp3) is 0.500. The van der Waals surface area contributed by atoms with Crippen molar-refractivity contribution in [2.75, 3.05) is 26.2 Å². The summed E-state index contributed by atoms with van der Waals surface area (Å²) < 4.78 is 0. The number of hydrogen-bond acceptors (Lipinski definition) is 4. The first-order chi connectivity index (χ1) is 12.2. The van der Waals surface area contributed by atoms with Crippen molar-refractivity contribution in [1.82, 2.24) is 20.1 Å². The predicted octanol–water partition coefficient (Wildman–Crippen LogP) is 2.02. The smallest absolute Gasteiger partial charge is 0.237 e. The van der Waals surface area contributed by atoms with Gasteiger partial charge in [-0.2, -0.15) is 0 Å². The summed E-state index contributed by atoms with van der Waals surface area (Å²) in [6.07, 6.45) is 4.15. The van der Waals surface area contributed by atoms with Crippen LogP contribution in [0, 0.1) is 0 Å². The second kappa shape index (κ2) is 7.10. The monoisotopic (exact) mass is 338 g/mol. The molecule has 5 heteroatoms. The third-order valence-electron chi connectivity index (χ3n) is 5.37. The molecule has 0 bridgehead atoms. The van der Waals surface area contributed by atoms with Gasteiger partial charge in [0.05, 0.1) is 11.6 Å². The number of hydrogen-bond donors (Lipinski definition) is 1. The molecule has 0 unspecified atom stereocenters. The Balaban J connectivity index is 1.34. The van der Waals surface area contributed by atoms with E-state index in [0.29, 0.717) is 6.04 Å². The number of carbonyl (C=O) groups excluding carboxylic acids is 1. The Bertz CT molecular complexity index is 745. The fourth-order valence-corrected chi connectivity index (χ4v) is 3.56. The third kappa shape index (κ3) is 3.83. The first-order valence-corrected chi connectivity index (χ1v) is 9.30. The van der Waals surface area contributed by atoms with E-state index in [4.69, 9.17) is 0 Å². The SMILES string of the molecule is C[C@H](C(=O)NC1CC1)N1CCN(Cc2cccc3cccnc23)CC1. The van der Waals surface area contributed by atoms with Crippen molar-refractivity contribution in [1.29, 1.82) is 0 Å². The van der Waals surface area contributed by atoms with Gasteiger partial charge in [-0.3, -0.25) is 19.6 Å². The minimum atomic E-state index is -0.0260. The standard InChI is InChI=1S/C20H26N4O/c1-15(20(25)22-18-7-8-18)24-12-10-23(11-13-24)14-17-5-2-4-16-6-3-9-21-19(16)17/h2-6,9,15,18H,7-8,10-14H2,1H3,(H,22,25)/t15-/m1/s1. The van der Waals surface area contributed by atoms with Crippen LogP contribution in [0.1, 0.15) is 25.3 Å². The van der Waals surface area contributed by atoms with Crippen molar-refractivity contribution in [3.63, 3.8) is 0 Å². The van der Waals surface area contributed by atoms with E-state index in [1.807, 2.05) is 19.2 Å². The molecule has 1 atom stereocenters. The average Bonchev–Trinajstić information content (AvgIpc) is 3.46. The summed E-state index contributed by atoms with van der Waals surface area (Å²) in [4.78, 5) is 21.6. The Labute approximate surface area is 149 Å². The summed E-state index contributed by atoms with van der Waals surface area (Å²) >= 11 is 0. The van der Waals surface area contributed by atoms with Gasteiger partial charge in [-0.15, -0.1) is 0 Å². The molecule has 1 amide bonds. The van der Waals surface area contributed by atoms with E-state index >= 15 is 0 Å². The second-order valence-electron chi connectivity index (χ2n) is 7.26. The van der Waals surface area contributed by atoms with Gasteiger partial charge in [0.2, 0.25) is 5.91 Å². The molecule has 2 aromatic rings. The maximum absolute atomic E-state index is 12.2. The van der Waals surface area contributed by atoms with Gasteiger partial charge in [0.15, 0.2) is 0 Å². The lowest BCUT2D eigenvalue weighted by Gasteiger charge is -2.37. The minimum Gasteiger partial charge on any atom is -0.352 e. The molecule has 25 heavy (non-hydrogen) atoms. The molecule has 1 saturated carbocycles. The highest BCUT2D eigenvalue weighted by Crippen LogP contribution is 2.20. The number of rotatable bonds is 5. The molecular weight excluding hydrogens is 312 g/mol. The molecule has 1 aliphatic heterocycles. The highest BCUT2D eigenvalue weighted by Gasteiger charge is 2.30. The van der Waals surface area contributed by atoms with Gasteiger partial charge in [0, 0.05) is 50.3 Å². The number of pyridine rings is 1. The van der Waals surface area contributed by atoms with Crippen molar-refractivity contribution in [2.24, 2.45) is 0 Å². The summed E-state index contributed by atoms with van der Waals surface area (Å²) in [7, 11) is 0. The van der Waals surface area contributed by atoms with Gasteiger partial charge in [0.1, 0.15) is 0 Å². The number of benzene rings is 1. The van der Waals surface area contributed by atoms with E-state index in [2.05, 4.69) is 44.4 Å². The van der Waals surface area contributed by atoms with Gasteiger partial charge in [-0.1, -0.05) is 24.3 Å². The van der Waals surface area contributed by atoms with Gasteiger partial charge >= 0.3 is 0 Å². The normalized spacial score (nSPS) is 20.5. The lowest BCUT2D eigenvalue weighted by Crippen LogP contribution is -2.53. The number of carbonyl (C=O) groups is 1. The molecule has 1 aromatic heterocycles. The summed E-state index contributed by atoms with van der Waals surface area (Å²) in [6.45, 7) is 6.82. The van der Waals surface area contributed by atoms with Gasteiger partial charge in [-0.05, 0) is 31.4 Å². The van der Waals surface area contributed by atoms with Crippen LogP contribution in [-0.4, -0.2) is 59.0 Å². The zero-order valence-corrected chi connectivity index (χ0v) is 14.8. The lowest BCUT2D eigenvalue weighted by molar-refractivity contribution is -0.126. The third-order valence-corrected chi connectivity index (χ3v) is 5.37. The van der Waals surface area contributed by atoms with E-state index in [1.165, 1.54) is 10.9 Å². The number of nitrogens with one attached hydrogen (secondary N) is 1. The molecule has 1 N–H and O–H groups in total. The molecule has 2 aliphatic rings. The van der Waals surface area contributed by atoms with Crippen molar-refractivity contribution in [3.05, 3.63) is 42.1 Å². The van der Waals surface area contributed by atoms with Crippen LogP contribution in [0.2, 0.25) is 0 Å². The van der Waals surface area contributed by atoms with Crippen LogP contribution >= 0.6 is 0 Å². The number of aromatic nitrogens is 1. The van der Waals surface area contributed by atoms with Crippen LogP contribution in [0.15, 0.2) is 36.5 Å². The molecular formula is C20H26N4O. The summed E-state index contributed by atoms with van der Waals surface area (Å²) in [5.41, 5.74) is 2.38. The van der Waals surface area contributed by atoms with Crippen LogP contribution in [0.5, 0.6) is 0 Å². The van der Waals surface area contributed by atoms with Crippen LogP contribution in [0.25, 0.3) is 10.9 Å². The summed E-state index contributed by atoms with van der Waals surface area (Å²) in [5, 5.41) is 4.32. The van der Waals surface area contributed by atoms with Gasteiger partial charge in [-0.25, -0.2) is 0 Å². The Morgan fingerprint density at radius 1 is 1.20 bits per heavy atom. The van der Waals surface area contributed by atoms with Crippen LogP contribution in [-0.2, 0) is 11.3 Å². The lowest BCUT2D eigenvalue weighted by atomic mass is 10.1. The van der Waals surface area contributed by atoms with Crippen LogP contribution in [0.4, 0.5) is 0 Å². The maximum Gasteiger partial charge on any atom is 0.237 e. The quantitative estimate of drug-likeness (QED) is 0.906. The van der Waals surface area contributed by atoms with E-state index in [1.54, 1.807) is 0 Å². The zero-order chi connectivity index (χ0) is 17.2. The molecule has 2 fully saturated rings. The summed E-state index contributed by atoms with van der Waals surface area (Å²) in [5.74, 6) is 0.189. The Kier molecular flexibility index (Phi) is 4.68. The molecule has 2 heterocycles. The molecule has 5 nitrogen and oxygen atoms in total.